The largest absolute Gasteiger partial charge is 0.322 e. The zero-order valence-corrected chi connectivity index (χ0v) is 18.0. The fourth-order valence-electron chi connectivity index (χ4n) is 5.96. The minimum Gasteiger partial charge on any atom is -0.322 e. The maximum atomic E-state index is 12.8. The van der Waals surface area contributed by atoms with Gasteiger partial charge in [-0.05, 0) is 86.7 Å². The van der Waals surface area contributed by atoms with Gasteiger partial charge in [-0.1, -0.05) is 12.1 Å². The Morgan fingerprint density at radius 2 is 1.97 bits per heavy atom. The number of piperidine rings is 2. The van der Waals surface area contributed by atoms with Crippen molar-refractivity contribution in [3.05, 3.63) is 34.9 Å². The van der Waals surface area contributed by atoms with Crippen molar-refractivity contribution in [1.82, 2.24) is 20.9 Å². The first-order chi connectivity index (χ1) is 15.1. The molecular formula is C24H32N4O3. The van der Waals surface area contributed by atoms with Crippen molar-refractivity contribution in [3.63, 3.8) is 0 Å². The first-order valence-corrected chi connectivity index (χ1v) is 11.8. The lowest BCUT2D eigenvalue weighted by Crippen LogP contribution is -2.52. The van der Waals surface area contributed by atoms with Crippen molar-refractivity contribution in [2.24, 2.45) is 17.8 Å². The van der Waals surface area contributed by atoms with Crippen LogP contribution >= 0.6 is 0 Å². The summed E-state index contributed by atoms with van der Waals surface area (Å²) in [5, 5.41) is 9.53. The number of carbonyl (C=O) groups excluding carboxylic acids is 3. The third-order valence-electron chi connectivity index (χ3n) is 7.70. The topological polar surface area (TPSA) is 90.5 Å². The van der Waals surface area contributed by atoms with Gasteiger partial charge in [-0.2, -0.15) is 0 Å². The summed E-state index contributed by atoms with van der Waals surface area (Å²) in [5.41, 5.74) is 2.83. The number of carbonyl (C=O) groups is 3. The molecule has 166 valence electrons. The van der Waals surface area contributed by atoms with E-state index in [1.165, 1.54) is 44.3 Å². The van der Waals surface area contributed by atoms with Crippen LogP contribution < -0.4 is 16.0 Å². The molecule has 0 bridgehead atoms. The Morgan fingerprint density at radius 3 is 2.84 bits per heavy atom. The maximum Gasteiger partial charge on any atom is 0.255 e. The van der Waals surface area contributed by atoms with Crippen molar-refractivity contribution in [3.8, 4) is 0 Å². The van der Waals surface area contributed by atoms with Gasteiger partial charge in [-0.15, -0.1) is 0 Å². The number of benzene rings is 1. The molecule has 4 aliphatic rings. The number of imide groups is 1. The fourth-order valence-corrected chi connectivity index (χ4v) is 5.96. The Labute approximate surface area is 183 Å². The smallest absolute Gasteiger partial charge is 0.255 e. The highest BCUT2D eigenvalue weighted by molar-refractivity contribution is 6.05. The van der Waals surface area contributed by atoms with Gasteiger partial charge >= 0.3 is 0 Å². The fraction of sp³-hybridized carbons (Fsp3) is 0.625. The van der Waals surface area contributed by atoms with E-state index in [9.17, 15) is 14.4 Å². The van der Waals surface area contributed by atoms with Crippen LogP contribution in [0.15, 0.2) is 18.2 Å². The van der Waals surface area contributed by atoms with Crippen molar-refractivity contribution in [2.75, 3.05) is 19.6 Å². The quantitative estimate of drug-likeness (QED) is 0.624. The predicted molar refractivity (Wildman–Crippen MR) is 116 cm³/mol. The van der Waals surface area contributed by atoms with Gasteiger partial charge in [0, 0.05) is 25.1 Å². The molecule has 4 unspecified atom stereocenters. The van der Waals surface area contributed by atoms with Crippen molar-refractivity contribution < 1.29 is 14.4 Å². The van der Waals surface area contributed by atoms with Gasteiger partial charge < -0.3 is 15.5 Å². The highest BCUT2D eigenvalue weighted by Gasteiger charge is 2.39. The lowest BCUT2D eigenvalue weighted by Gasteiger charge is -2.39. The summed E-state index contributed by atoms with van der Waals surface area (Å²) in [4.78, 5) is 38.0. The van der Waals surface area contributed by atoms with Gasteiger partial charge in [0.2, 0.25) is 11.8 Å². The number of nitrogens with one attached hydrogen (secondary N) is 3. The third-order valence-corrected chi connectivity index (χ3v) is 7.70. The Hall–Kier alpha value is -2.25. The summed E-state index contributed by atoms with van der Waals surface area (Å²) >= 11 is 0. The van der Waals surface area contributed by atoms with E-state index in [1.807, 2.05) is 12.1 Å². The second kappa shape index (κ2) is 8.71. The normalized spacial score (nSPS) is 30.7. The van der Waals surface area contributed by atoms with Gasteiger partial charge in [-0.3, -0.25) is 19.7 Å². The van der Waals surface area contributed by atoms with Crippen LogP contribution in [-0.4, -0.2) is 48.3 Å². The van der Waals surface area contributed by atoms with Crippen LogP contribution in [0.4, 0.5) is 0 Å². The molecule has 0 spiro atoms. The summed E-state index contributed by atoms with van der Waals surface area (Å²) in [5.74, 6) is 1.81. The molecule has 2 saturated heterocycles. The molecule has 0 radical (unpaired) electrons. The first-order valence-electron chi connectivity index (χ1n) is 11.8. The van der Waals surface area contributed by atoms with Crippen molar-refractivity contribution in [2.45, 2.75) is 57.7 Å². The predicted octanol–water partition coefficient (Wildman–Crippen LogP) is 1.56. The standard InChI is InChI=1S/C24H32N4O3/c29-22-6-5-21(23(30)27-22)28-14-19-10-16(2-4-20(19)24(28)31)12-26-11-15-1-3-18-13-25-8-7-17(18)9-15/h2,4,10,15,17-18,21,25-26H,1,3,5-9,11-14H2,(H,27,29,30). The number of nitrogens with zero attached hydrogens (tertiary/aromatic N) is 1. The van der Waals surface area contributed by atoms with Crippen LogP contribution in [0.25, 0.3) is 0 Å². The van der Waals surface area contributed by atoms with E-state index < -0.39 is 6.04 Å². The van der Waals surface area contributed by atoms with E-state index in [0.29, 0.717) is 18.5 Å². The molecule has 3 heterocycles. The molecule has 1 aliphatic carbocycles. The molecule has 1 saturated carbocycles. The van der Waals surface area contributed by atoms with E-state index in [-0.39, 0.29) is 24.1 Å². The Kier molecular flexibility index (Phi) is 5.80. The molecule has 7 nitrogen and oxygen atoms in total. The number of hydrogen-bond acceptors (Lipinski definition) is 5. The molecule has 3 aliphatic heterocycles. The van der Waals surface area contributed by atoms with Crippen molar-refractivity contribution in [1.29, 1.82) is 0 Å². The molecule has 3 amide bonds. The Bertz CT molecular complexity index is 886. The zero-order chi connectivity index (χ0) is 21.4. The van der Waals surface area contributed by atoms with Gasteiger partial charge in [0.15, 0.2) is 0 Å². The Morgan fingerprint density at radius 1 is 1.06 bits per heavy atom. The van der Waals surface area contributed by atoms with Gasteiger partial charge in [-0.25, -0.2) is 0 Å². The SMILES string of the molecule is O=C1CCC(N2Cc3cc(CNCC4CCC5CNCCC5C4)ccc3C2=O)C(=O)N1. The van der Waals surface area contributed by atoms with Crippen LogP contribution in [0, 0.1) is 17.8 Å². The van der Waals surface area contributed by atoms with E-state index in [0.717, 1.165) is 36.4 Å². The maximum absolute atomic E-state index is 12.8. The molecule has 4 atom stereocenters. The zero-order valence-electron chi connectivity index (χ0n) is 18.0. The van der Waals surface area contributed by atoms with Crippen LogP contribution in [-0.2, 0) is 22.7 Å². The van der Waals surface area contributed by atoms with E-state index in [2.05, 4.69) is 22.0 Å². The molecule has 1 aromatic carbocycles. The van der Waals surface area contributed by atoms with Gasteiger partial charge in [0.25, 0.3) is 5.91 Å². The summed E-state index contributed by atoms with van der Waals surface area (Å²) in [7, 11) is 0. The van der Waals surface area contributed by atoms with E-state index in [1.54, 1.807) is 4.90 Å². The molecular weight excluding hydrogens is 392 g/mol. The van der Waals surface area contributed by atoms with Crippen LogP contribution in [0.2, 0.25) is 0 Å². The van der Waals surface area contributed by atoms with Crippen LogP contribution in [0.5, 0.6) is 0 Å². The molecule has 31 heavy (non-hydrogen) atoms. The molecule has 3 N–H and O–H groups in total. The van der Waals surface area contributed by atoms with E-state index >= 15 is 0 Å². The lowest BCUT2D eigenvalue weighted by molar-refractivity contribution is -0.136. The monoisotopic (exact) mass is 424 g/mol. The molecule has 0 aromatic heterocycles. The molecule has 5 rings (SSSR count). The minimum atomic E-state index is -0.552. The lowest BCUT2D eigenvalue weighted by atomic mass is 9.71. The van der Waals surface area contributed by atoms with Gasteiger partial charge in [0.05, 0.1) is 0 Å². The molecule has 7 heteroatoms. The molecule has 1 aromatic rings. The highest BCUT2D eigenvalue weighted by atomic mass is 16.2. The molecule has 3 fully saturated rings. The van der Waals surface area contributed by atoms with Crippen LogP contribution in [0.3, 0.4) is 0 Å². The number of rotatable bonds is 5. The summed E-state index contributed by atoms with van der Waals surface area (Å²) in [6.07, 6.45) is 6.02. The third kappa shape index (κ3) is 4.26. The second-order valence-electron chi connectivity index (χ2n) is 9.71. The minimum absolute atomic E-state index is 0.109. The van der Waals surface area contributed by atoms with E-state index in [4.69, 9.17) is 0 Å². The summed E-state index contributed by atoms with van der Waals surface area (Å²) in [6, 6.07) is 5.45. The summed E-state index contributed by atoms with van der Waals surface area (Å²) < 4.78 is 0. The second-order valence-corrected chi connectivity index (χ2v) is 9.71. The summed E-state index contributed by atoms with van der Waals surface area (Å²) in [6.45, 7) is 4.66. The number of hydrogen-bond donors (Lipinski definition) is 3. The van der Waals surface area contributed by atoms with Gasteiger partial charge in [0.1, 0.15) is 6.04 Å². The van der Waals surface area contributed by atoms with Crippen molar-refractivity contribution >= 4 is 17.7 Å². The Balaban J connectivity index is 1.15. The highest BCUT2D eigenvalue weighted by Crippen LogP contribution is 2.37. The average Bonchev–Trinajstić information content (AvgIpc) is 3.09. The number of fused-ring (bicyclic) bond motifs is 2. The average molecular weight is 425 g/mol. The van der Waals surface area contributed by atoms with Crippen LogP contribution in [0.1, 0.15) is 60.0 Å². The number of amides is 3. The first kappa shape index (κ1) is 20.6.